The minimum Gasteiger partial charge on any atom is -0.444 e. The highest BCUT2D eigenvalue weighted by Crippen LogP contribution is 2.14. The van der Waals surface area contributed by atoms with Crippen molar-refractivity contribution in [1.82, 2.24) is 10.6 Å². The van der Waals surface area contributed by atoms with E-state index in [2.05, 4.69) is 10.6 Å². The molecule has 0 fully saturated rings. The van der Waals surface area contributed by atoms with Crippen LogP contribution in [-0.2, 0) is 16.1 Å². The summed E-state index contributed by atoms with van der Waals surface area (Å²) in [4.78, 5) is 23.0. The summed E-state index contributed by atoms with van der Waals surface area (Å²) in [5.41, 5.74) is 0.309. The maximum Gasteiger partial charge on any atom is 0.407 e. The van der Waals surface area contributed by atoms with Gasteiger partial charge in [-0.1, -0.05) is 29.8 Å². The number of ether oxygens (including phenoxy) is 1. The molecule has 0 bridgehead atoms. The third-order valence-electron chi connectivity index (χ3n) is 2.45. The van der Waals surface area contributed by atoms with Crippen molar-refractivity contribution in [3.63, 3.8) is 0 Å². The topological polar surface area (TPSA) is 67.4 Å². The smallest absolute Gasteiger partial charge is 0.407 e. The number of hydrogen-bond donors (Lipinski definition) is 2. The molecule has 0 aliphatic heterocycles. The Morgan fingerprint density at radius 1 is 1.19 bits per heavy atom. The van der Waals surface area contributed by atoms with Gasteiger partial charge in [0, 0.05) is 24.5 Å². The molecule has 1 aromatic rings. The summed E-state index contributed by atoms with van der Waals surface area (Å²) in [5, 5.41) is 5.89. The third-order valence-corrected chi connectivity index (χ3v) is 2.82. The number of rotatable bonds is 5. The van der Waals surface area contributed by atoms with Crippen LogP contribution in [0.1, 0.15) is 32.8 Å². The van der Waals surface area contributed by atoms with E-state index in [9.17, 15) is 9.59 Å². The Hall–Kier alpha value is -1.75. The van der Waals surface area contributed by atoms with E-state index in [0.29, 0.717) is 11.6 Å². The maximum atomic E-state index is 11.6. The molecule has 2 N–H and O–H groups in total. The Morgan fingerprint density at radius 3 is 2.48 bits per heavy atom. The standard InChI is InChI=1S/C15H21ClN2O3/c1-15(2,3)21-14(20)17-9-8-13(19)18-10-11-6-4-5-7-12(11)16/h4-7H,8-10H2,1-3H3,(H,17,20)(H,18,19). The van der Waals surface area contributed by atoms with Gasteiger partial charge in [0.1, 0.15) is 5.60 Å². The highest BCUT2D eigenvalue weighted by atomic mass is 35.5. The van der Waals surface area contributed by atoms with Crippen molar-refractivity contribution in [1.29, 1.82) is 0 Å². The van der Waals surface area contributed by atoms with Gasteiger partial charge >= 0.3 is 6.09 Å². The zero-order chi connectivity index (χ0) is 15.9. The van der Waals surface area contributed by atoms with Gasteiger partial charge in [-0.3, -0.25) is 4.79 Å². The molecule has 0 unspecified atom stereocenters. The number of hydrogen-bond acceptors (Lipinski definition) is 3. The number of alkyl carbamates (subject to hydrolysis) is 1. The molecule has 0 aliphatic carbocycles. The second kappa shape index (κ2) is 7.88. The molecule has 1 rings (SSSR count). The van der Waals surface area contributed by atoms with E-state index in [0.717, 1.165) is 5.56 Å². The molecule has 21 heavy (non-hydrogen) atoms. The lowest BCUT2D eigenvalue weighted by atomic mass is 10.2. The lowest BCUT2D eigenvalue weighted by Crippen LogP contribution is -2.35. The number of halogens is 1. The van der Waals surface area contributed by atoms with Crippen LogP contribution in [0.2, 0.25) is 5.02 Å². The molecule has 0 heterocycles. The highest BCUT2D eigenvalue weighted by Gasteiger charge is 2.15. The van der Waals surface area contributed by atoms with Gasteiger partial charge in [0.25, 0.3) is 0 Å². The first kappa shape index (κ1) is 17.3. The molecular weight excluding hydrogens is 292 g/mol. The molecule has 5 nitrogen and oxygen atoms in total. The van der Waals surface area contributed by atoms with Crippen LogP contribution in [0.5, 0.6) is 0 Å². The minimum absolute atomic E-state index is 0.161. The summed E-state index contributed by atoms with van der Waals surface area (Å²) >= 11 is 5.99. The van der Waals surface area contributed by atoms with E-state index in [1.165, 1.54) is 0 Å². The Balaban J connectivity index is 2.23. The van der Waals surface area contributed by atoms with Crippen LogP contribution in [0.25, 0.3) is 0 Å². The maximum absolute atomic E-state index is 11.6. The quantitative estimate of drug-likeness (QED) is 0.878. The molecule has 0 saturated carbocycles. The number of carbonyl (C=O) groups excluding carboxylic acids is 2. The molecule has 0 spiro atoms. The first-order chi connectivity index (χ1) is 9.78. The van der Waals surface area contributed by atoms with Crippen molar-refractivity contribution in [3.05, 3.63) is 34.9 Å². The van der Waals surface area contributed by atoms with E-state index >= 15 is 0 Å². The monoisotopic (exact) mass is 312 g/mol. The summed E-state index contributed by atoms with van der Waals surface area (Å²) in [6.07, 6.45) is -0.342. The fraction of sp³-hybridized carbons (Fsp3) is 0.467. The third kappa shape index (κ3) is 7.56. The highest BCUT2D eigenvalue weighted by molar-refractivity contribution is 6.31. The van der Waals surface area contributed by atoms with Crippen LogP contribution in [0.15, 0.2) is 24.3 Å². The number of carbonyl (C=O) groups is 2. The molecule has 0 atom stereocenters. The van der Waals surface area contributed by atoms with Gasteiger partial charge in [0.05, 0.1) is 0 Å². The zero-order valence-corrected chi connectivity index (χ0v) is 13.3. The van der Waals surface area contributed by atoms with Crippen molar-refractivity contribution >= 4 is 23.6 Å². The summed E-state index contributed by atoms with van der Waals surface area (Å²) in [7, 11) is 0. The summed E-state index contributed by atoms with van der Waals surface area (Å²) in [6.45, 7) is 5.93. The van der Waals surface area contributed by atoms with Crippen LogP contribution in [0.4, 0.5) is 4.79 Å². The molecule has 0 saturated heterocycles. The number of benzene rings is 1. The van der Waals surface area contributed by atoms with Gasteiger partial charge in [-0.05, 0) is 32.4 Å². The van der Waals surface area contributed by atoms with Gasteiger partial charge in [0.2, 0.25) is 5.91 Å². The fourth-order valence-electron chi connectivity index (χ4n) is 1.52. The normalized spacial score (nSPS) is 10.9. The van der Waals surface area contributed by atoms with E-state index in [1.807, 2.05) is 18.2 Å². The van der Waals surface area contributed by atoms with Crippen LogP contribution in [-0.4, -0.2) is 24.1 Å². The first-order valence-electron chi connectivity index (χ1n) is 6.75. The fourth-order valence-corrected chi connectivity index (χ4v) is 1.72. The molecule has 0 aliphatic rings. The zero-order valence-electron chi connectivity index (χ0n) is 12.5. The average Bonchev–Trinajstić information content (AvgIpc) is 2.35. The van der Waals surface area contributed by atoms with Crippen molar-refractivity contribution in [2.24, 2.45) is 0 Å². The SMILES string of the molecule is CC(C)(C)OC(=O)NCCC(=O)NCc1ccccc1Cl. The van der Waals surface area contributed by atoms with Crippen LogP contribution in [0, 0.1) is 0 Å². The van der Waals surface area contributed by atoms with Crippen molar-refractivity contribution in [2.45, 2.75) is 39.3 Å². The number of nitrogens with one attached hydrogen (secondary N) is 2. The van der Waals surface area contributed by atoms with Crippen molar-refractivity contribution in [3.8, 4) is 0 Å². The molecule has 116 valence electrons. The lowest BCUT2D eigenvalue weighted by molar-refractivity contribution is -0.121. The summed E-state index contributed by atoms with van der Waals surface area (Å²) in [5.74, 6) is -0.161. The molecule has 2 amide bonds. The van der Waals surface area contributed by atoms with E-state index in [-0.39, 0.29) is 18.9 Å². The van der Waals surface area contributed by atoms with Crippen LogP contribution < -0.4 is 10.6 Å². The van der Waals surface area contributed by atoms with E-state index in [1.54, 1.807) is 26.8 Å². The Kier molecular flexibility index (Phi) is 6.49. The van der Waals surface area contributed by atoms with E-state index < -0.39 is 11.7 Å². The van der Waals surface area contributed by atoms with Crippen molar-refractivity contribution < 1.29 is 14.3 Å². The Bertz CT molecular complexity index is 498. The predicted octanol–water partition coefficient (Wildman–Crippen LogP) is 2.87. The second-order valence-electron chi connectivity index (χ2n) is 5.55. The van der Waals surface area contributed by atoms with Gasteiger partial charge in [-0.2, -0.15) is 0 Å². The van der Waals surface area contributed by atoms with Gasteiger partial charge in [-0.15, -0.1) is 0 Å². The Morgan fingerprint density at radius 2 is 1.86 bits per heavy atom. The molecule has 6 heteroatoms. The lowest BCUT2D eigenvalue weighted by Gasteiger charge is -2.19. The average molecular weight is 313 g/mol. The largest absolute Gasteiger partial charge is 0.444 e. The van der Waals surface area contributed by atoms with Crippen molar-refractivity contribution in [2.75, 3.05) is 6.54 Å². The molecular formula is C15H21ClN2O3. The van der Waals surface area contributed by atoms with Crippen LogP contribution in [0.3, 0.4) is 0 Å². The van der Waals surface area contributed by atoms with E-state index in [4.69, 9.17) is 16.3 Å². The van der Waals surface area contributed by atoms with Gasteiger partial charge in [0.15, 0.2) is 0 Å². The predicted molar refractivity (Wildman–Crippen MR) is 82.2 cm³/mol. The van der Waals surface area contributed by atoms with Gasteiger partial charge in [-0.25, -0.2) is 4.79 Å². The number of amides is 2. The minimum atomic E-state index is -0.545. The summed E-state index contributed by atoms with van der Waals surface area (Å²) < 4.78 is 5.07. The molecule has 0 aromatic heterocycles. The first-order valence-corrected chi connectivity index (χ1v) is 7.13. The van der Waals surface area contributed by atoms with Crippen LogP contribution >= 0.6 is 11.6 Å². The molecule has 0 radical (unpaired) electrons. The Labute approximate surface area is 130 Å². The summed E-state index contributed by atoms with van der Waals surface area (Å²) in [6, 6.07) is 7.31. The van der Waals surface area contributed by atoms with Gasteiger partial charge < -0.3 is 15.4 Å². The molecule has 1 aromatic carbocycles. The second-order valence-corrected chi connectivity index (χ2v) is 5.95.